The highest BCUT2D eigenvalue weighted by Crippen LogP contribution is 2.26. The van der Waals surface area contributed by atoms with Crippen molar-refractivity contribution in [3.05, 3.63) is 29.8 Å². The van der Waals surface area contributed by atoms with E-state index in [1.165, 1.54) is 23.1 Å². The molecule has 2 heterocycles. The van der Waals surface area contributed by atoms with Gasteiger partial charge in [-0.1, -0.05) is 12.1 Å². The Morgan fingerprint density at radius 1 is 1.27 bits per heavy atom. The van der Waals surface area contributed by atoms with Crippen LogP contribution in [0.3, 0.4) is 0 Å². The normalized spacial score (nSPS) is 22.7. The zero-order chi connectivity index (χ0) is 18.5. The van der Waals surface area contributed by atoms with Gasteiger partial charge >= 0.3 is 6.61 Å². The van der Waals surface area contributed by atoms with Crippen molar-refractivity contribution in [1.82, 2.24) is 15.5 Å². The Hall–Kier alpha value is -2.22. The number of carbonyl (C=O) groups excluding carboxylic acids is 2. The Bertz CT molecular complexity index is 650. The van der Waals surface area contributed by atoms with E-state index in [0.717, 1.165) is 19.4 Å². The summed E-state index contributed by atoms with van der Waals surface area (Å²) in [6.45, 7) is -1.11. The Kier molecular flexibility index (Phi) is 6.03. The number of ether oxygens (including phenoxy) is 1. The van der Waals surface area contributed by atoms with E-state index in [9.17, 15) is 18.4 Å². The molecule has 0 aromatic heterocycles. The first kappa shape index (κ1) is 18.6. The van der Waals surface area contributed by atoms with Crippen molar-refractivity contribution in [1.29, 1.82) is 0 Å². The summed E-state index contributed by atoms with van der Waals surface area (Å²) < 4.78 is 29.6. The number of likely N-dealkylation sites (tertiary alicyclic amines) is 1. The third kappa shape index (κ3) is 4.30. The predicted octanol–water partition coefficient (Wildman–Crippen LogP) is 1.76. The topological polar surface area (TPSA) is 70.7 Å². The highest BCUT2D eigenvalue weighted by atomic mass is 19.3. The molecule has 2 aliphatic rings. The Labute approximate surface area is 150 Å². The van der Waals surface area contributed by atoms with E-state index in [1.54, 1.807) is 6.07 Å². The molecule has 0 radical (unpaired) electrons. The van der Waals surface area contributed by atoms with Gasteiger partial charge in [0, 0.05) is 19.1 Å². The van der Waals surface area contributed by atoms with Crippen molar-refractivity contribution in [2.24, 2.45) is 0 Å². The average molecular weight is 367 g/mol. The smallest absolute Gasteiger partial charge is 0.387 e. The molecule has 2 N–H and O–H groups in total. The third-order valence-corrected chi connectivity index (χ3v) is 4.83. The molecule has 8 heteroatoms. The van der Waals surface area contributed by atoms with Crippen LogP contribution >= 0.6 is 0 Å². The molecule has 2 amide bonds. The first-order valence-electron chi connectivity index (χ1n) is 8.92. The molecule has 2 unspecified atom stereocenters. The number of benzene rings is 1. The number of amides is 2. The summed E-state index contributed by atoms with van der Waals surface area (Å²) in [5.74, 6) is -0.830. The summed E-state index contributed by atoms with van der Waals surface area (Å²) in [6, 6.07) is 5.57. The summed E-state index contributed by atoms with van der Waals surface area (Å²) >= 11 is 0. The molecule has 2 aliphatic heterocycles. The standard InChI is InChI=1S/C18H23F2N3O3/c19-18(20)26-15-8-2-1-6-13(15)17(25)23-10-4-7-14(23)16(24)22-11-12-5-3-9-21-12/h1-2,6,8,12,14,18,21H,3-5,7,9-11H2,(H,22,24). The molecular weight excluding hydrogens is 344 g/mol. The van der Waals surface area contributed by atoms with Crippen LogP contribution in [-0.4, -0.2) is 55.0 Å². The lowest BCUT2D eigenvalue weighted by molar-refractivity contribution is -0.124. The van der Waals surface area contributed by atoms with Crippen LogP contribution in [0.5, 0.6) is 5.75 Å². The maximum Gasteiger partial charge on any atom is 0.387 e. The minimum absolute atomic E-state index is 0.0463. The van der Waals surface area contributed by atoms with Crippen molar-refractivity contribution < 1.29 is 23.1 Å². The van der Waals surface area contributed by atoms with Crippen LogP contribution in [-0.2, 0) is 4.79 Å². The van der Waals surface area contributed by atoms with E-state index in [4.69, 9.17) is 0 Å². The van der Waals surface area contributed by atoms with Gasteiger partial charge in [-0.05, 0) is 44.4 Å². The van der Waals surface area contributed by atoms with E-state index in [0.29, 0.717) is 25.9 Å². The Morgan fingerprint density at radius 2 is 2.08 bits per heavy atom. The van der Waals surface area contributed by atoms with Crippen LogP contribution in [0.25, 0.3) is 0 Å². The lowest BCUT2D eigenvalue weighted by atomic mass is 10.1. The van der Waals surface area contributed by atoms with Crippen molar-refractivity contribution >= 4 is 11.8 Å². The van der Waals surface area contributed by atoms with Crippen molar-refractivity contribution in [2.45, 2.75) is 44.4 Å². The number of halogens is 2. The lowest BCUT2D eigenvalue weighted by Crippen LogP contribution is -2.48. The van der Waals surface area contributed by atoms with Gasteiger partial charge in [-0.3, -0.25) is 9.59 Å². The molecule has 142 valence electrons. The summed E-state index contributed by atoms with van der Waals surface area (Å²) in [5.41, 5.74) is 0.0463. The van der Waals surface area contributed by atoms with Gasteiger partial charge in [0.1, 0.15) is 11.8 Å². The van der Waals surface area contributed by atoms with E-state index in [2.05, 4.69) is 15.4 Å². The van der Waals surface area contributed by atoms with Gasteiger partial charge in [-0.15, -0.1) is 0 Å². The second kappa shape index (κ2) is 8.44. The van der Waals surface area contributed by atoms with Gasteiger partial charge in [-0.25, -0.2) is 0 Å². The monoisotopic (exact) mass is 367 g/mol. The van der Waals surface area contributed by atoms with Gasteiger partial charge in [0.05, 0.1) is 5.56 Å². The highest BCUT2D eigenvalue weighted by Gasteiger charge is 2.35. The largest absolute Gasteiger partial charge is 0.434 e. The predicted molar refractivity (Wildman–Crippen MR) is 91.2 cm³/mol. The summed E-state index contributed by atoms with van der Waals surface area (Å²) in [7, 11) is 0. The van der Waals surface area contributed by atoms with Crippen LogP contribution in [0, 0.1) is 0 Å². The molecule has 1 aromatic carbocycles. The van der Waals surface area contributed by atoms with E-state index in [1.807, 2.05) is 0 Å². The molecule has 6 nitrogen and oxygen atoms in total. The molecule has 1 aromatic rings. The van der Waals surface area contributed by atoms with E-state index >= 15 is 0 Å². The summed E-state index contributed by atoms with van der Waals surface area (Å²) in [6.07, 6.45) is 3.37. The van der Waals surface area contributed by atoms with E-state index < -0.39 is 18.6 Å². The van der Waals surface area contributed by atoms with Gasteiger partial charge < -0.3 is 20.3 Å². The second-order valence-corrected chi connectivity index (χ2v) is 6.57. The van der Waals surface area contributed by atoms with Crippen LogP contribution in [0.2, 0.25) is 0 Å². The quantitative estimate of drug-likeness (QED) is 0.804. The molecule has 3 rings (SSSR count). The number of hydrogen-bond donors (Lipinski definition) is 2. The van der Waals surface area contributed by atoms with E-state index in [-0.39, 0.29) is 23.3 Å². The van der Waals surface area contributed by atoms with Crippen LogP contribution in [0.15, 0.2) is 24.3 Å². The molecular formula is C18H23F2N3O3. The summed E-state index contributed by atoms with van der Waals surface area (Å²) in [5, 5.41) is 6.21. The molecule has 0 saturated carbocycles. The Balaban J connectivity index is 1.67. The fraction of sp³-hybridized carbons (Fsp3) is 0.556. The fourth-order valence-electron chi connectivity index (χ4n) is 3.55. The lowest BCUT2D eigenvalue weighted by Gasteiger charge is -2.25. The number of rotatable bonds is 6. The molecule has 2 atom stereocenters. The first-order chi connectivity index (χ1) is 12.6. The number of para-hydroxylation sites is 1. The third-order valence-electron chi connectivity index (χ3n) is 4.83. The van der Waals surface area contributed by atoms with Crippen LogP contribution < -0.4 is 15.4 Å². The van der Waals surface area contributed by atoms with Crippen molar-refractivity contribution in [3.8, 4) is 5.75 Å². The number of hydrogen-bond acceptors (Lipinski definition) is 4. The SMILES string of the molecule is O=C(NCC1CCCN1)C1CCCN1C(=O)c1ccccc1OC(F)F. The maximum absolute atomic E-state index is 12.8. The van der Waals surface area contributed by atoms with Crippen LogP contribution in [0.1, 0.15) is 36.0 Å². The molecule has 0 spiro atoms. The minimum atomic E-state index is -3.01. The molecule has 2 fully saturated rings. The zero-order valence-electron chi connectivity index (χ0n) is 14.4. The number of alkyl halides is 2. The first-order valence-corrected chi connectivity index (χ1v) is 8.92. The van der Waals surface area contributed by atoms with Crippen molar-refractivity contribution in [3.63, 3.8) is 0 Å². The minimum Gasteiger partial charge on any atom is -0.434 e. The summed E-state index contributed by atoms with van der Waals surface area (Å²) in [4.78, 5) is 26.8. The molecule has 26 heavy (non-hydrogen) atoms. The fourth-order valence-corrected chi connectivity index (χ4v) is 3.55. The highest BCUT2D eigenvalue weighted by molar-refractivity contribution is 6.00. The van der Waals surface area contributed by atoms with Gasteiger partial charge in [0.25, 0.3) is 5.91 Å². The zero-order valence-corrected chi connectivity index (χ0v) is 14.4. The van der Waals surface area contributed by atoms with Gasteiger partial charge in [0.2, 0.25) is 5.91 Å². The van der Waals surface area contributed by atoms with Gasteiger partial charge in [0.15, 0.2) is 0 Å². The maximum atomic E-state index is 12.8. The van der Waals surface area contributed by atoms with Crippen LogP contribution in [0.4, 0.5) is 8.78 Å². The average Bonchev–Trinajstić information content (AvgIpc) is 3.30. The van der Waals surface area contributed by atoms with Gasteiger partial charge in [-0.2, -0.15) is 8.78 Å². The molecule has 0 bridgehead atoms. The number of carbonyl (C=O) groups is 2. The number of nitrogens with zero attached hydrogens (tertiary/aromatic N) is 1. The molecule has 0 aliphatic carbocycles. The Morgan fingerprint density at radius 3 is 2.81 bits per heavy atom. The number of nitrogens with one attached hydrogen (secondary N) is 2. The molecule has 2 saturated heterocycles. The second-order valence-electron chi connectivity index (χ2n) is 6.57. The van der Waals surface area contributed by atoms with Crippen molar-refractivity contribution in [2.75, 3.05) is 19.6 Å².